The Labute approximate surface area is 115 Å². The van der Waals surface area contributed by atoms with E-state index < -0.39 is 0 Å². The number of rotatable bonds is 3. The molecule has 2 aliphatic rings. The molecule has 0 saturated carbocycles. The van der Waals surface area contributed by atoms with Gasteiger partial charge in [0, 0.05) is 30.9 Å². The van der Waals surface area contributed by atoms with Crippen LogP contribution in [0.3, 0.4) is 0 Å². The van der Waals surface area contributed by atoms with Crippen molar-refractivity contribution in [2.75, 3.05) is 31.2 Å². The molecular formula is C16H24N2O. The summed E-state index contributed by atoms with van der Waals surface area (Å²) in [6.45, 7) is 6.25. The maximum absolute atomic E-state index is 5.56. The molecule has 2 atom stereocenters. The molecule has 2 aliphatic heterocycles. The molecule has 19 heavy (non-hydrogen) atoms. The lowest BCUT2D eigenvalue weighted by molar-refractivity contribution is 0.0722. The second-order valence-electron chi connectivity index (χ2n) is 5.74. The molecule has 3 heteroatoms. The Morgan fingerprint density at radius 3 is 3.16 bits per heavy atom. The standard InChI is InChI=1S/C16H24N2O/c1-13(11-15-12-19-10-8-17-15)18-9-4-6-14-5-2-3-7-16(14)18/h2-3,5,7,13,15,17H,4,6,8-12H2,1H3. The van der Waals surface area contributed by atoms with Crippen molar-refractivity contribution >= 4 is 5.69 Å². The monoisotopic (exact) mass is 260 g/mol. The van der Waals surface area contributed by atoms with Gasteiger partial charge in [-0.25, -0.2) is 0 Å². The molecule has 2 heterocycles. The fraction of sp³-hybridized carbons (Fsp3) is 0.625. The summed E-state index contributed by atoms with van der Waals surface area (Å²) in [6.07, 6.45) is 3.66. The Bertz CT molecular complexity index is 415. The van der Waals surface area contributed by atoms with Crippen molar-refractivity contribution in [1.82, 2.24) is 5.32 Å². The topological polar surface area (TPSA) is 24.5 Å². The van der Waals surface area contributed by atoms with Gasteiger partial charge in [0.1, 0.15) is 0 Å². The highest BCUT2D eigenvalue weighted by Crippen LogP contribution is 2.29. The molecule has 1 fully saturated rings. The summed E-state index contributed by atoms with van der Waals surface area (Å²) in [6, 6.07) is 9.94. The van der Waals surface area contributed by atoms with Crippen LogP contribution in [-0.4, -0.2) is 38.4 Å². The number of hydrogen-bond donors (Lipinski definition) is 1. The molecule has 1 saturated heterocycles. The van der Waals surface area contributed by atoms with Gasteiger partial charge in [0.25, 0.3) is 0 Å². The minimum Gasteiger partial charge on any atom is -0.379 e. The fourth-order valence-corrected chi connectivity index (χ4v) is 3.33. The van der Waals surface area contributed by atoms with Gasteiger partial charge in [-0.05, 0) is 37.8 Å². The number of aryl methyl sites for hydroxylation is 1. The van der Waals surface area contributed by atoms with Crippen molar-refractivity contribution in [2.45, 2.75) is 38.3 Å². The zero-order valence-corrected chi connectivity index (χ0v) is 11.8. The minimum absolute atomic E-state index is 0.512. The second-order valence-corrected chi connectivity index (χ2v) is 5.74. The van der Waals surface area contributed by atoms with Crippen molar-refractivity contribution in [2.24, 2.45) is 0 Å². The van der Waals surface area contributed by atoms with Crippen LogP contribution in [0, 0.1) is 0 Å². The van der Waals surface area contributed by atoms with Gasteiger partial charge >= 0.3 is 0 Å². The highest BCUT2D eigenvalue weighted by molar-refractivity contribution is 5.56. The lowest BCUT2D eigenvalue weighted by Crippen LogP contribution is -2.47. The van der Waals surface area contributed by atoms with Gasteiger partial charge in [0.15, 0.2) is 0 Å². The maximum Gasteiger partial charge on any atom is 0.0621 e. The third-order valence-electron chi connectivity index (χ3n) is 4.30. The van der Waals surface area contributed by atoms with Crippen molar-refractivity contribution < 1.29 is 4.74 Å². The summed E-state index contributed by atoms with van der Waals surface area (Å²) in [5.41, 5.74) is 2.95. The Kier molecular flexibility index (Phi) is 4.04. The van der Waals surface area contributed by atoms with E-state index in [0.29, 0.717) is 12.1 Å². The number of para-hydroxylation sites is 1. The van der Waals surface area contributed by atoms with Crippen LogP contribution in [0.25, 0.3) is 0 Å². The van der Waals surface area contributed by atoms with Crippen LogP contribution in [-0.2, 0) is 11.2 Å². The third-order valence-corrected chi connectivity index (χ3v) is 4.30. The summed E-state index contributed by atoms with van der Waals surface area (Å²) in [5.74, 6) is 0. The first-order valence-corrected chi connectivity index (χ1v) is 7.50. The van der Waals surface area contributed by atoms with E-state index in [4.69, 9.17) is 4.74 Å². The third kappa shape index (κ3) is 2.93. The van der Waals surface area contributed by atoms with Gasteiger partial charge in [-0.3, -0.25) is 0 Å². The Hall–Kier alpha value is -1.06. The van der Waals surface area contributed by atoms with E-state index in [1.807, 2.05) is 0 Å². The van der Waals surface area contributed by atoms with Crippen LogP contribution in [0.2, 0.25) is 0 Å². The van der Waals surface area contributed by atoms with E-state index in [2.05, 4.69) is 41.4 Å². The number of benzene rings is 1. The van der Waals surface area contributed by atoms with Crippen LogP contribution in [0.4, 0.5) is 5.69 Å². The van der Waals surface area contributed by atoms with E-state index >= 15 is 0 Å². The molecule has 104 valence electrons. The first kappa shape index (κ1) is 12.9. The quantitative estimate of drug-likeness (QED) is 0.902. The van der Waals surface area contributed by atoms with Crippen LogP contribution < -0.4 is 10.2 Å². The number of ether oxygens (including phenoxy) is 1. The van der Waals surface area contributed by atoms with Crippen molar-refractivity contribution in [3.05, 3.63) is 29.8 Å². The Balaban J connectivity index is 1.68. The summed E-state index contributed by atoms with van der Waals surface area (Å²) in [7, 11) is 0. The molecule has 1 aromatic carbocycles. The number of nitrogens with zero attached hydrogens (tertiary/aromatic N) is 1. The molecule has 3 rings (SSSR count). The number of nitrogens with one attached hydrogen (secondary N) is 1. The highest BCUT2D eigenvalue weighted by atomic mass is 16.5. The van der Waals surface area contributed by atoms with Gasteiger partial charge in [0.05, 0.1) is 13.2 Å². The zero-order valence-electron chi connectivity index (χ0n) is 11.8. The van der Waals surface area contributed by atoms with Crippen molar-refractivity contribution in [3.8, 4) is 0 Å². The number of anilines is 1. The Morgan fingerprint density at radius 2 is 2.32 bits per heavy atom. The van der Waals surface area contributed by atoms with E-state index in [-0.39, 0.29) is 0 Å². The van der Waals surface area contributed by atoms with Gasteiger partial charge in [-0.1, -0.05) is 18.2 Å². The molecule has 1 aromatic rings. The lowest BCUT2D eigenvalue weighted by atomic mass is 9.98. The highest BCUT2D eigenvalue weighted by Gasteiger charge is 2.24. The molecule has 2 unspecified atom stereocenters. The number of fused-ring (bicyclic) bond motifs is 1. The van der Waals surface area contributed by atoms with Gasteiger partial charge in [-0.15, -0.1) is 0 Å². The van der Waals surface area contributed by atoms with Crippen molar-refractivity contribution in [3.63, 3.8) is 0 Å². The maximum atomic E-state index is 5.56. The van der Waals surface area contributed by atoms with Crippen molar-refractivity contribution in [1.29, 1.82) is 0 Å². The molecule has 0 aromatic heterocycles. The SMILES string of the molecule is CC(CC1COCCN1)N1CCCc2ccccc21. The zero-order chi connectivity index (χ0) is 13.1. The first-order chi connectivity index (χ1) is 9.34. The largest absolute Gasteiger partial charge is 0.379 e. The smallest absolute Gasteiger partial charge is 0.0621 e. The number of hydrogen-bond acceptors (Lipinski definition) is 3. The molecule has 0 amide bonds. The second kappa shape index (κ2) is 5.93. The van der Waals surface area contributed by atoms with Crippen LogP contribution in [0.5, 0.6) is 0 Å². The molecule has 0 radical (unpaired) electrons. The van der Waals surface area contributed by atoms with Gasteiger partial charge in [-0.2, -0.15) is 0 Å². The van der Waals surface area contributed by atoms with E-state index in [0.717, 1.165) is 26.2 Å². The van der Waals surface area contributed by atoms with Gasteiger partial charge in [0.2, 0.25) is 0 Å². The summed E-state index contributed by atoms with van der Waals surface area (Å²) >= 11 is 0. The van der Waals surface area contributed by atoms with E-state index in [9.17, 15) is 0 Å². The normalized spacial score (nSPS) is 24.9. The predicted molar refractivity (Wildman–Crippen MR) is 78.8 cm³/mol. The molecule has 0 bridgehead atoms. The molecular weight excluding hydrogens is 236 g/mol. The fourth-order valence-electron chi connectivity index (χ4n) is 3.33. The lowest BCUT2D eigenvalue weighted by Gasteiger charge is -2.38. The summed E-state index contributed by atoms with van der Waals surface area (Å²) in [5, 5.41) is 3.56. The average Bonchev–Trinajstić information content (AvgIpc) is 2.47. The summed E-state index contributed by atoms with van der Waals surface area (Å²) < 4.78 is 5.56. The van der Waals surface area contributed by atoms with Crippen LogP contribution in [0.1, 0.15) is 25.3 Å². The molecule has 0 spiro atoms. The predicted octanol–water partition coefficient (Wildman–Crippen LogP) is 2.21. The van der Waals surface area contributed by atoms with Crippen LogP contribution >= 0.6 is 0 Å². The summed E-state index contributed by atoms with van der Waals surface area (Å²) in [4.78, 5) is 2.58. The number of morpholine rings is 1. The minimum atomic E-state index is 0.512. The van der Waals surface area contributed by atoms with Crippen LogP contribution in [0.15, 0.2) is 24.3 Å². The molecule has 0 aliphatic carbocycles. The average molecular weight is 260 g/mol. The van der Waals surface area contributed by atoms with Gasteiger partial charge < -0.3 is 15.0 Å². The molecule has 3 nitrogen and oxygen atoms in total. The van der Waals surface area contributed by atoms with E-state index in [1.165, 1.54) is 30.6 Å². The molecule has 1 N–H and O–H groups in total. The Morgan fingerprint density at radius 1 is 1.42 bits per heavy atom. The van der Waals surface area contributed by atoms with E-state index in [1.54, 1.807) is 0 Å². The first-order valence-electron chi connectivity index (χ1n) is 7.50.